The number of ether oxygens (including phenoxy) is 2. The standard InChI is InChI=1S/C12H13ClFNO3/c1-2-7-3-8(14)4-10(11(7)13)17-6-9-5-15-12(16)18-9/h3-4,9H,2,5-6H2,1H3,(H,15,16)/t9-/m0/s1. The number of halogens is 2. The molecule has 2 rings (SSSR count). The van der Waals surface area contributed by atoms with Gasteiger partial charge in [-0.05, 0) is 18.1 Å². The minimum Gasteiger partial charge on any atom is -0.488 e. The molecule has 0 saturated carbocycles. The van der Waals surface area contributed by atoms with Gasteiger partial charge in [-0.1, -0.05) is 18.5 Å². The molecule has 1 aromatic carbocycles. The Morgan fingerprint density at radius 2 is 2.39 bits per heavy atom. The first-order chi connectivity index (χ1) is 8.60. The van der Waals surface area contributed by atoms with Gasteiger partial charge in [0.15, 0.2) is 6.10 Å². The van der Waals surface area contributed by atoms with Crippen molar-refractivity contribution in [2.24, 2.45) is 0 Å². The fourth-order valence-corrected chi connectivity index (χ4v) is 1.99. The van der Waals surface area contributed by atoms with Crippen molar-refractivity contribution in [3.63, 3.8) is 0 Å². The number of alkyl carbamates (subject to hydrolysis) is 1. The second-order valence-corrected chi connectivity index (χ2v) is 4.33. The fraction of sp³-hybridized carbons (Fsp3) is 0.417. The fourth-order valence-electron chi connectivity index (χ4n) is 1.69. The molecule has 0 aliphatic carbocycles. The molecule has 98 valence electrons. The molecule has 1 saturated heterocycles. The van der Waals surface area contributed by atoms with Gasteiger partial charge in [-0.3, -0.25) is 0 Å². The van der Waals surface area contributed by atoms with Crippen LogP contribution in [0.5, 0.6) is 5.75 Å². The van der Waals surface area contributed by atoms with Gasteiger partial charge in [0.05, 0.1) is 11.6 Å². The number of hydrogen-bond donors (Lipinski definition) is 1. The number of hydrogen-bond acceptors (Lipinski definition) is 3. The topological polar surface area (TPSA) is 47.6 Å². The van der Waals surface area contributed by atoms with Crippen molar-refractivity contribution in [2.45, 2.75) is 19.4 Å². The Kier molecular flexibility index (Phi) is 3.91. The van der Waals surface area contributed by atoms with Crippen molar-refractivity contribution in [3.8, 4) is 5.75 Å². The molecule has 1 N–H and O–H groups in total. The number of carbonyl (C=O) groups is 1. The molecule has 18 heavy (non-hydrogen) atoms. The van der Waals surface area contributed by atoms with Crippen LogP contribution in [0, 0.1) is 5.82 Å². The number of nitrogens with one attached hydrogen (secondary N) is 1. The van der Waals surface area contributed by atoms with Crippen molar-refractivity contribution in [1.82, 2.24) is 5.32 Å². The van der Waals surface area contributed by atoms with Gasteiger partial charge in [-0.15, -0.1) is 0 Å². The van der Waals surface area contributed by atoms with Gasteiger partial charge in [-0.2, -0.15) is 0 Å². The largest absolute Gasteiger partial charge is 0.488 e. The number of rotatable bonds is 4. The summed E-state index contributed by atoms with van der Waals surface area (Å²) in [6.45, 7) is 2.41. The summed E-state index contributed by atoms with van der Waals surface area (Å²) in [6.07, 6.45) is -0.225. The highest BCUT2D eigenvalue weighted by molar-refractivity contribution is 6.32. The lowest BCUT2D eigenvalue weighted by Crippen LogP contribution is -2.22. The van der Waals surface area contributed by atoms with Crippen molar-refractivity contribution in [1.29, 1.82) is 0 Å². The zero-order valence-electron chi connectivity index (χ0n) is 9.83. The Bertz CT molecular complexity index is 467. The van der Waals surface area contributed by atoms with Crippen LogP contribution in [-0.4, -0.2) is 25.3 Å². The SMILES string of the molecule is CCc1cc(F)cc(OC[C@@H]2CNC(=O)O2)c1Cl. The van der Waals surface area contributed by atoms with Crippen LogP contribution in [0.3, 0.4) is 0 Å². The second kappa shape index (κ2) is 5.44. The monoisotopic (exact) mass is 273 g/mol. The molecule has 0 radical (unpaired) electrons. The van der Waals surface area contributed by atoms with Gasteiger partial charge < -0.3 is 14.8 Å². The van der Waals surface area contributed by atoms with Crippen molar-refractivity contribution in [2.75, 3.05) is 13.2 Å². The summed E-state index contributed by atoms with van der Waals surface area (Å²) in [4.78, 5) is 10.8. The van der Waals surface area contributed by atoms with E-state index >= 15 is 0 Å². The maximum atomic E-state index is 13.3. The minimum atomic E-state index is -0.469. The summed E-state index contributed by atoms with van der Waals surface area (Å²) in [6, 6.07) is 2.61. The van der Waals surface area contributed by atoms with Crippen molar-refractivity contribution >= 4 is 17.7 Å². The molecule has 0 bridgehead atoms. The average Bonchev–Trinajstić information content (AvgIpc) is 2.75. The van der Waals surface area contributed by atoms with E-state index < -0.39 is 11.9 Å². The summed E-state index contributed by atoms with van der Waals surface area (Å²) in [7, 11) is 0. The van der Waals surface area contributed by atoms with Crippen molar-refractivity contribution < 1.29 is 18.7 Å². The Morgan fingerprint density at radius 3 is 3.00 bits per heavy atom. The number of aryl methyl sites for hydroxylation is 1. The van der Waals surface area contributed by atoms with Gasteiger partial charge in [-0.25, -0.2) is 9.18 Å². The Balaban J connectivity index is 2.04. The van der Waals surface area contributed by atoms with Crippen LogP contribution in [0.15, 0.2) is 12.1 Å². The molecule has 0 aromatic heterocycles. The van der Waals surface area contributed by atoms with E-state index in [1.54, 1.807) is 0 Å². The van der Waals surface area contributed by atoms with E-state index in [9.17, 15) is 9.18 Å². The molecule has 0 unspecified atom stereocenters. The molecule has 1 aliphatic heterocycles. The lowest BCUT2D eigenvalue weighted by atomic mass is 10.1. The maximum absolute atomic E-state index is 13.3. The van der Waals surface area contributed by atoms with Gasteiger partial charge in [0.25, 0.3) is 0 Å². The summed E-state index contributed by atoms with van der Waals surface area (Å²) in [5, 5.41) is 2.91. The van der Waals surface area contributed by atoms with Crippen LogP contribution < -0.4 is 10.1 Å². The molecular formula is C12H13ClFNO3. The molecule has 1 fully saturated rings. The van der Waals surface area contributed by atoms with Gasteiger partial charge in [0.1, 0.15) is 18.2 Å². The number of cyclic esters (lactones) is 1. The first-order valence-electron chi connectivity index (χ1n) is 5.65. The highest BCUT2D eigenvalue weighted by atomic mass is 35.5. The van der Waals surface area contributed by atoms with Gasteiger partial charge in [0.2, 0.25) is 0 Å². The normalized spacial score (nSPS) is 18.4. The van der Waals surface area contributed by atoms with Crippen LogP contribution in [0.25, 0.3) is 0 Å². The second-order valence-electron chi connectivity index (χ2n) is 3.95. The maximum Gasteiger partial charge on any atom is 0.407 e. The lowest BCUT2D eigenvalue weighted by molar-refractivity contribution is 0.104. The summed E-state index contributed by atoms with van der Waals surface area (Å²) in [5.41, 5.74) is 0.688. The molecule has 0 spiro atoms. The number of carbonyl (C=O) groups excluding carboxylic acids is 1. The van der Waals surface area contributed by atoms with E-state index in [1.807, 2.05) is 6.92 Å². The highest BCUT2D eigenvalue weighted by Gasteiger charge is 2.23. The van der Waals surface area contributed by atoms with Crippen molar-refractivity contribution in [3.05, 3.63) is 28.5 Å². The molecule has 1 aromatic rings. The average molecular weight is 274 g/mol. The molecule has 1 atom stereocenters. The zero-order valence-corrected chi connectivity index (χ0v) is 10.6. The van der Waals surface area contributed by atoms with Gasteiger partial charge in [0, 0.05) is 6.07 Å². The lowest BCUT2D eigenvalue weighted by Gasteiger charge is -2.13. The first-order valence-corrected chi connectivity index (χ1v) is 6.03. The predicted molar refractivity (Wildman–Crippen MR) is 64.6 cm³/mol. The molecule has 1 amide bonds. The Hall–Kier alpha value is -1.49. The van der Waals surface area contributed by atoms with Crippen LogP contribution in [0.1, 0.15) is 12.5 Å². The third-order valence-electron chi connectivity index (χ3n) is 2.63. The van der Waals surface area contributed by atoms with E-state index in [-0.39, 0.29) is 18.5 Å². The van der Waals surface area contributed by atoms with E-state index in [1.165, 1.54) is 12.1 Å². The van der Waals surface area contributed by atoms with E-state index in [0.29, 0.717) is 23.6 Å². The molecule has 1 aliphatic rings. The van der Waals surface area contributed by atoms with Gasteiger partial charge >= 0.3 is 6.09 Å². The number of benzene rings is 1. The predicted octanol–water partition coefficient (Wildman–Crippen LogP) is 2.53. The Labute approximate surface area is 109 Å². The summed E-state index contributed by atoms with van der Waals surface area (Å²) < 4.78 is 23.6. The molecule has 4 nitrogen and oxygen atoms in total. The third kappa shape index (κ3) is 2.85. The quantitative estimate of drug-likeness (QED) is 0.917. The molecular weight excluding hydrogens is 261 g/mol. The summed E-state index contributed by atoms with van der Waals surface area (Å²) >= 11 is 6.08. The minimum absolute atomic E-state index is 0.144. The van der Waals surface area contributed by atoms with E-state index in [4.69, 9.17) is 21.1 Å². The van der Waals surface area contributed by atoms with E-state index in [0.717, 1.165) is 0 Å². The van der Waals surface area contributed by atoms with Crippen LogP contribution in [0.2, 0.25) is 5.02 Å². The van der Waals surface area contributed by atoms with Crippen LogP contribution >= 0.6 is 11.6 Å². The third-order valence-corrected chi connectivity index (χ3v) is 3.06. The molecule has 1 heterocycles. The highest BCUT2D eigenvalue weighted by Crippen LogP contribution is 2.30. The van der Waals surface area contributed by atoms with Crippen LogP contribution in [-0.2, 0) is 11.2 Å². The zero-order chi connectivity index (χ0) is 13.1. The smallest absolute Gasteiger partial charge is 0.407 e. The van der Waals surface area contributed by atoms with Crippen LogP contribution in [0.4, 0.5) is 9.18 Å². The summed E-state index contributed by atoms with van der Waals surface area (Å²) in [5.74, 6) is -0.121. The Morgan fingerprint density at radius 1 is 1.61 bits per heavy atom. The number of amides is 1. The molecule has 6 heteroatoms. The first kappa shape index (κ1) is 13.0. The van der Waals surface area contributed by atoms with E-state index in [2.05, 4.69) is 5.32 Å².